The summed E-state index contributed by atoms with van der Waals surface area (Å²) in [4.78, 5) is 0. The van der Waals surface area contributed by atoms with E-state index >= 15 is 0 Å². The zero-order valence-corrected chi connectivity index (χ0v) is 16.4. The molecule has 4 heteroatoms. The Bertz CT molecular complexity index is 591. The lowest BCUT2D eigenvalue weighted by molar-refractivity contribution is 0.470. The number of aryl methyl sites for hydroxylation is 3. The van der Waals surface area contributed by atoms with Crippen molar-refractivity contribution in [2.75, 3.05) is 0 Å². The van der Waals surface area contributed by atoms with Crippen molar-refractivity contribution in [2.45, 2.75) is 20.8 Å². The van der Waals surface area contributed by atoms with E-state index in [2.05, 4.69) is 0 Å². The molecule has 3 rings (SSSR count). The molecule has 0 amide bonds. The lowest BCUT2D eigenvalue weighted by atomic mass is 10.2. The molecule has 0 heterocycles. The van der Waals surface area contributed by atoms with Crippen molar-refractivity contribution in [2.24, 2.45) is 0 Å². The number of aromatic hydroxyl groups is 3. The van der Waals surface area contributed by atoms with Crippen molar-refractivity contribution < 1.29 is 15.3 Å². The average molecular weight is 358 g/mol. The number of benzene rings is 3. The van der Waals surface area contributed by atoms with Crippen LogP contribution >= 0.6 is 9.90 Å². The summed E-state index contributed by atoms with van der Waals surface area (Å²) in [6.07, 6.45) is 0. The van der Waals surface area contributed by atoms with E-state index in [1.165, 1.54) is 0 Å². The first-order chi connectivity index (χ1) is 11.4. The Balaban J connectivity index is 0.000000339. The SMILES string of the molecule is Cc1ccccc1O.Cc1ccccc1O.Cc1ccccc1O.P. The molecule has 3 N–H and O–H groups in total. The topological polar surface area (TPSA) is 60.7 Å². The van der Waals surface area contributed by atoms with Crippen LogP contribution in [0.25, 0.3) is 0 Å². The molecule has 0 aromatic heterocycles. The summed E-state index contributed by atoms with van der Waals surface area (Å²) in [6.45, 7) is 5.61. The summed E-state index contributed by atoms with van der Waals surface area (Å²) >= 11 is 0. The minimum atomic E-state index is 0. The van der Waals surface area contributed by atoms with Gasteiger partial charge in [0.15, 0.2) is 0 Å². The van der Waals surface area contributed by atoms with Gasteiger partial charge in [-0.25, -0.2) is 0 Å². The normalized spacial score (nSPS) is 8.76. The molecule has 0 aliphatic heterocycles. The summed E-state index contributed by atoms with van der Waals surface area (Å²) < 4.78 is 0. The lowest BCUT2D eigenvalue weighted by Crippen LogP contribution is -1.68. The molecule has 0 saturated carbocycles. The zero-order chi connectivity index (χ0) is 17.9. The van der Waals surface area contributed by atoms with E-state index < -0.39 is 0 Å². The Kier molecular flexibility index (Phi) is 10.7. The molecule has 0 bridgehead atoms. The first kappa shape index (κ1) is 22.5. The van der Waals surface area contributed by atoms with Gasteiger partial charge in [0, 0.05) is 0 Å². The maximum atomic E-state index is 8.92. The maximum Gasteiger partial charge on any atom is 0.118 e. The number of phenolic OH excluding ortho intramolecular Hbond substituents is 3. The van der Waals surface area contributed by atoms with Gasteiger partial charge in [0.2, 0.25) is 0 Å². The molecule has 0 aliphatic rings. The molecule has 1 unspecified atom stereocenters. The number of hydrogen-bond acceptors (Lipinski definition) is 3. The van der Waals surface area contributed by atoms with Crippen LogP contribution in [0.5, 0.6) is 17.2 Å². The van der Waals surface area contributed by atoms with Gasteiger partial charge in [-0.3, -0.25) is 0 Å². The molecule has 1 atom stereocenters. The Morgan fingerprint density at radius 1 is 0.440 bits per heavy atom. The van der Waals surface area contributed by atoms with Crippen LogP contribution in [0.3, 0.4) is 0 Å². The monoisotopic (exact) mass is 358 g/mol. The average Bonchev–Trinajstić information content (AvgIpc) is 2.57. The van der Waals surface area contributed by atoms with Gasteiger partial charge in [-0.2, -0.15) is 9.90 Å². The number of para-hydroxylation sites is 3. The van der Waals surface area contributed by atoms with Gasteiger partial charge < -0.3 is 15.3 Å². The van der Waals surface area contributed by atoms with E-state index in [1.54, 1.807) is 18.2 Å². The van der Waals surface area contributed by atoms with Crippen LogP contribution in [0.1, 0.15) is 16.7 Å². The summed E-state index contributed by atoms with van der Waals surface area (Å²) in [6, 6.07) is 21.8. The molecular weight excluding hydrogens is 331 g/mol. The Hall–Kier alpha value is -2.51. The molecule has 0 radical (unpaired) electrons. The van der Waals surface area contributed by atoms with E-state index in [4.69, 9.17) is 15.3 Å². The molecule has 3 aromatic carbocycles. The van der Waals surface area contributed by atoms with Gasteiger partial charge in [-0.05, 0) is 55.7 Å². The van der Waals surface area contributed by atoms with E-state index in [-0.39, 0.29) is 9.90 Å². The van der Waals surface area contributed by atoms with E-state index in [1.807, 2.05) is 75.4 Å². The molecule has 0 spiro atoms. The Labute approximate surface area is 153 Å². The number of phenols is 3. The van der Waals surface area contributed by atoms with Crippen LogP contribution in [-0.4, -0.2) is 15.3 Å². The standard InChI is InChI=1S/3C7H8O.H3P/c3*1-6-4-2-3-5-7(6)8;/h3*2-5,8H,1H3;1H3. The maximum absolute atomic E-state index is 8.92. The first-order valence-electron chi connectivity index (χ1n) is 7.65. The third kappa shape index (κ3) is 8.78. The van der Waals surface area contributed by atoms with Gasteiger partial charge >= 0.3 is 0 Å². The summed E-state index contributed by atoms with van der Waals surface area (Å²) in [5, 5.41) is 26.8. The highest BCUT2D eigenvalue weighted by Crippen LogP contribution is 2.13. The summed E-state index contributed by atoms with van der Waals surface area (Å²) in [5.41, 5.74) is 2.77. The number of rotatable bonds is 0. The van der Waals surface area contributed by atoms with Crippen LogP contribution in [0.2, 0.25) is 0 Å². The predicted molar refractivity (Wildman–Crippen MR) is 110 cm³/mol. The van der Waals surface area contributed by atoms with Crippen molar-refractivity contribution in [3.05, 3.63) is 89.5 Å². The minimum Gasteiger partial charge on any atom is -0.508 e. The van der Waals surface area contributed by atoms with Crippen molar-refractivity contribution in [3.8, 4) is 17.2 Å². The smallest absolute Gasteiger partial charge is 0.118 e. The Morgan fingerprint density at radius 3 is 0.760 bits per heavy atom. The summed E-state index contributed by atoms with van der Waals surface area (Å²) in [7, 11) is 0. The van der Waals surface area contributed by atoms with Gasteiger partial charge in [0.1, 0.15) is 17.2 Å². The van der Waals surface area contributed by atoms with Crippen LogP contribution < -0.4 is 0 Å². The van der Waals surface area contributed by atoms with Crippen LogP contribution in [-0.2, 0) is 0 Å². The second kappa shape index (κ2) is 11.9. The van der Waals surface area contributed by atoms with Crippen molar-refractivity contribution in [1.82, 2.24) is 0 Å². The molecule has 0 aliphatic carbocycles. The lowest BCUT2D eigenvalue weighted by Gasteiger charge is -1.92. The van der Waals surface area contributed by atoms with E-state index in [0.29, 0.717) is 17.2 Å². The predicted octanol–water partition coefficient (Wildman–Crippen LogP) is 5.16. The fraction of sp³-hybridized carbons (Fsp3) is 0.143. The highest BCUT2D eigenvalue weighted by molar-refractivity contribution is 6.92. The van der Waals surface area contributed by atoms with Crippen molar-refractivity contribution in [1.29, 1.82) is 0 Å². The highest BCUT2D eigenvalue weighted by Gasteiger charge is 1.88. The summed E-state index contributed by atoms with van der Waals surface area (Å²) in [5.74, 6) is 1.10. The van der Waals surface area contributed by atoms with E-state index in [0.717, 1.165) is 16.7 Å². The quantitative estimate of drug-likeness (QED) is 0.487. The van der Waals surface area contributed by atoms with Crippen molar-refractivity contribution >= 4 is 9.90 Å². The molecular formula is C21H27O3P. The molecule has 134 valence electrons. The molecule has 3 aromatic rings. The fourth-order valence-corrected chi connectivity index (χ4v) is 1.69. The van der Waals surface area contributed by atoms with Crippen molar-refractivity contribution in [3.63, 3.8) is 0 Å². The molecule has 25 heavy (non-hydrogen) atoms. The van der Waals surface area contributed by atoms with Crippen LogP contribution in [0, 0.1) is 20.8 Å². The van der Waals surface area contributed by atoms with Gasteiger partial charge in [-0.15, -0.1) is 0 Å². The molecule has 0 fully saturated rings. The van der Waals surface area contributed by atoms with Gasteiger partial charge in [0.05, 0.1) is 0 Å². The van der Waals surface area contributed by atoms with E-state index in [9.17, 15) is 0 Å². The van der Waals surface area contributed by atoms with Crippen LogP contribution in [0.4, 0.5) is 0 Å². The molecule has 3 nitrogen and oxygen atoms in total. The second-order valence-electron chi connectivity index (χ2n) is 5.36. The van der Waals surface area contributed by atoms with Gasteiger partial charge in [-0.1, -0.05) is 54.6 Å². The Morgan fingerprint density at radius 2 is 0.640 bits per heavy atom. The zero-order valence-electron chi connectivity index (χ0n) is 15.0. The highest BCUT2D eigenvalue weighted by atomic mass is 31.0. The third-order valence-corrected chi connectivity index (χ3v) is 3.35. The second-order valence-corrected chi connectivity index (χ2v) is 5.36. The van der Waals surface area contributed by atoms with Gasteiger partial charge in [0.25, 0.3) is 0 Å². The fourth-order valence-electron chi connectivity index (χ4n) is 1.69. The first-order valence-corrected chi connectivity index (χ1v) is 7.65. The molecule has 0 saturated heterocycles. The van der Waals surface area contributed by atoms with Crippen LogP contribution in [0.15, 0.2) is 72.8 Å². The minimum absolute atomic E-state index is 0. The largest absolute Gasteiger partial charge is 0.508 e. The number of hydrogen-bond donors (Lipinski definition) is 3. The third-order valence-electron chi connectivity index (χ3n) is 3.35.